The van der Waals surface area contributed by atoms with Crippen LogP contribution in [0.2, 0.25) is 0 Å². The summed E-state index contributed by atoms with van der Waals surface area (Å²) in [5.74, 6) is 0. The molecule has 0 saturated heterocycles. The first-order chi connectivity index (χ1) is 7.58. The lowest BCUT2D eigenvalue weighted by Gasteiger charge is -2.02. The molecule has 0 radical (unpaired) electrons. The Balaban J connectivity index is 2.60. The Hall–Kier alpha value is -1.69. The molecule has 1 aromatic carbocycles. The second-order valence-corrected chi connectivity index (χ2v) is 4.27. The molecule has 1 heterocycles. The minimum absolute atomic E-state index is 0.0254. The van der Waals surface area contributed by atoms with E-state index in [9.17, 15) is 10.1 Å². The molecule has 0 unspecified atom stereocenters. The van der Waals surface area contributed by atoms with Crippen molar-refractivity contribution in [3.63, 3.8) is 0 Å². The van der Waals surface area contributed by atoms with Gasteiger partial charge in [-0.1, -0.05) is 15.9 Å². The van der Waals surface area contributed by atoms with Crippen LogP contribution >= 0.6 is 15.9 Å². The fraction of sp³-hybridized carbons (Fsp3) is 0.100. The van der Waals surface area contributed by atoms with Gasteiger partial charge in [0.05, 0.1) is 11.1 Å². The molecule has 0 aliphatic rings. The lowest BCUT2D eigenvalue weighted by molar-refractivity contribution is -0.384. The Bertz CT molecular complexity index is 551. The number of halogens is 1. The molecule has 0 N–H and O–H groups in total. The number of hydrogen-bond donors (Lipinski definition) is 0. The van der Waals surface area contributed by atoms with Crippen LogP contribution < -0.4 is 0 Å². The zero-order valence-corrected chi connectivity index (χ0v) is 10.0. The standard InChI is InChI=1S/C10H8BrN3O2/c1-7-5-12-13(6-7)9-3-2-8(11)4-10(9)14(15)16/h2-6H,1H3. The molecule has 0 atom stereocenters. The monoisotopic (exact) mass is 281 g/mol. The van der Waals surface area contributed by atoms with E-state index >= 15 is 0 Å². The molecule has 1 aromatic heterocycles. The van der Waals surface area contributed by atoms with Crippen molar-refractivity contribution in [2.24, 2.45) is 0 Å². The molecule has 2 rings (SSSR count). The molecule has 6 heteroatoms. The Morgan fingerprint density at radius 3 is 2.81 bits per heavy atom. The second kappa shape index (κ2) is 4.05. The maximum absolute atomic E-state index is 10.9. The molecule has 0 aliphatic heterocycles. The molecule has 0 bridgehead atoms. The van der Waals surface area contributed by atoms with Crippen LogP contribution in [0.5, 0.6) is 0 Å². The molecule has 0 aliphatic carbocycles. The summed E-state index contributed by atoms with van der Waals surface area (Å²) in [4.78, 5) is 10.5. The van der Waals surface area contributed by atoms with Gasteiger partial charge in [-0.05, 0) is 24.6 Å². The SMILES string of the molecule is Cc1cnn(-c2ccc(Br)cc2[N+](=O)[O-])c1. The van der Waals surface area contributed by atoms with E-state index in [0.717, 1.165) is 5.56 Å². The predicted molar refractivity (Wildman–Crippen MR) is 62.7 cm³/mol. The summed E-state index contributed by atoms with van der Waals surface area (Å²) in [5, 5.41) is 15.0. The van der Waals surface area contributed by atoms with Gasteiger partial charge in [0.2, 0.25) is 0 Å². The molecule has 0 amide bonds. The number of nitro benzene ring substituents is 1. The van der Waals surface area contributed by atoms with Crippen molar-refractivity contribution in [1.29, 1.82) is 0 Å². The van der Waals surface area contributed by atoms with Gasteiger partial charge in [-0.15, -0.1) is 0 Å². The van der Waals surface area contributed by atoms with Crippen molar-refractivity contribution in [3.05, 3.63) is 50.7 Å². The lowest BCUT2D eigenvalue weighted by Crippen LogP contribution is -2.00. The highest BCUT2D eigenvalue weighted by molar-refractivity contribution is 9.10. The summed E-state index contributed by atoms with van der Waals surface area (Å²) in [7, 11) is 0. The summed E-state index contributed by atoms with van der Waals surface area (Å²) < 4.78 is 2.17. The molecule has 0 spiro atoms. The number of benzene rings is 1. The molecule has 2 aromatic rings. The van der Waals surface area contributed by atoms with Crippen molar-refractivity contribution in [3.8, 4) is 5.69 Å². The third-order valence-corrected chi connectivity index (χ3v) is 2.59. The third kappa shape index (κ3) is 1.96. The van der Waals surface area contributed by atoms with E-state index in [1.807, 2.05) is 6.92 Å². The van der Waals surface area contributed by atoms with E-state index in [2.05, 4.69) is 21.0 Å². The van der Waals surface area contributed by atoms with E-state index in [0.29, 0.717) is 10.2 Å². The number of aromatic nitrogens is 2. The van der Waals surface area contributed by atoms with Crippen LogP contribution in [-0.4, -0.2) is 14.7 Å². The summed E-state index contributed by atoms with van der Waals surface area (Å²) in [6, 6.07) is 4.88. The van der Waals surface area contributed by atoms with Crippen LogP contribution in [0, 0.1) is 17.0 Å². The number of aryl methyl sites for hydroxylation is 1. The molecule has 16 heavy (non-hydrogen) atoms. The van der Waals surface area contributed by atoms with E-state index in [4.69, 9.17) is 0 Å². The van der Waals surface area contributed by atoms with Gasteiger partial charge in [-0.3, -0.25) is 10.1 Å². The van der Waals surface area contributed by atoms with Crippen LogP contribution in [0.3, 0.4) is 0 Å². The van der Waals surface area contributed by atoms with Crippen molar-refractivity contribution in [2.75, 3.05) is 0 Å². The molecular formula is C10H8BrN3O2. The summed E-state index contributed by atoms with van der Waals surface area (Å²) in [6.45, 7) is 1.88. The summed E-state index contributed by atoms with van der Waals surface area (Å²) in [6.07, 6.45) is 3.40. The maximum atomic E-state index is 10.9. The normalized spacial score (nSPS) is 10.4. The van der Waals surface area contributed by atoms with Gasteiger partial charge >= 0.3 is 0 Å². The zero-order chi connectivity index (χ0) is 11.7. The highest BCUT2D eigenvalue weighted by atomic mass is 79.9. The van der Waals surface area contributed by atoms with Crippen LogP contribution in [0.25, 0.3) is 5.69 Å². The Labute approximate surface area is 100.0 Å². The number of hydrogen-bond acceptors (Lipinski definition) is 3. The molecule has 5 nitrogen and oxygen atoms in total. The highest BCUT2D eigenvalue weighted by Gasteiger charge is 2.16. The minimum atomic E-state index is -0.420. The number of rotatable bonds is 2. The largest absolute Gasteiger partial charge is 0.295 e. The first-order valence-corrected chi connectivity index (χ1v) is 5.33. The van der Waals surface area contributed by atoms with E-state index in [1.54, 1.807) is 24.5 Å². The number of nitrogens with zero attached hydrogens (tertiary/aromatic N) is 3. The number of nitro groups is 1. The average Bonchev–Trinajstić information content (AvgIpc) is 2.64. The average molecular weight is 282 g/mol. The van der Waals surface area contributed by atoms with Crippen molar-refractivity contribution in [2.45, 2.75) is 6.92 Å². The Kier molecular flexibility index (Phi) is 2.74. The molecule has 0 saturated carbocycles. The lowest BCUT2D eigenvalue weighted by atomic mass is 10.3. The maximum Gasteiger partial charge on any atom is 0.295 e. The minimum Gasteiger partial charge on any atom is -0.258 e. The van der Waals surface area contributed by atoms with Gasteiger partial charge in [0.25, 0.3) is 5.69 Å². The summed E-state index contributed by atoms with van der Waals surface area (Å²) in [5.41, 5.74) is 1.44. The first kappa shape index (κ1) is 10.8. The fourth-order valence-electron chi connectivity index (χ4n) is 1.38. The van der Waals surface area contributed by atoms with Crippen molar-refractivity contribution >= 4 is 21.6 Å². The van der Waals surface area contributed by atoms with Crippen LogP contribution in [0.15, 0.2) is 35.1 Å². The smallest absolute Gasteiger partial charge is 0.258 e. The van der Waals surface area contributed by atoms with Gasteiger partial charge in [0, 0.05) is 16.7 Å². The van der Waals surface area contributed by atoms with Crippen molar-refractivity contribution < 1.29 is 4.92 Å². The van der Waals surface area contributed by atoms with Gasteiger partial charge in [0.1, 0.15) is 5.69 Å². The quantitative estimate of drug-likeness (QED) is 0.628. The first-order valence-electron chi connectivity index (χ1n) is 4.53. The van der Waals surface area contributed by atoms with E-state index in [1.165, 1.54) is 10.7 Å². The van der Waals surface area contributed by atoms with Crippen molar-refractivity contribution in [1.82, 2.24) is 9.78 Å². The van der Waals surface area contributed by atoms with Gasteiger partial charge in [-0.2, -0.15) is 5.10 Å². The van der Waals surface area contributed by atoms with E-state index < -0.39 is 4.92 Å². The van der Waals surface area contributed by atoms with Crippen LogP contribution in [0.1, 0.15) is 5.56 Å². The Morgan fingerprint density at radius 2 is 2.25 bits per heavy atom. The summed E-state index contributed by atoms with van der Waals surface area (Å²) >= 11 is 3.21. The highest BCUT2D eigenvalue weighted by Crippen LogP contribution is 2.26. The zero-order valence-electron chi connectivity index (χ0n) is 8.42. The molecule has 82 valence electrons. The van der Waals surface area contributed by atoms with E-state index in [-0.39, 0.29) is 5.69 Å². The fourth-order valence-corrected chi connectivity index (χ4v) is 1.73. The molecule has 0 fully saturated rings. The second-order valence-electron chi connectivity index (χ2n) is 3.35. The third-order valence-electron chi connectivity index (χ3n) is 2.09. The van der Waals surface area contributed by atoms with Gasteiger partial charge in [-0.25, -0.2) is 4.68 Å². The van der Waals surface area contributed by atoms with Crippen LogP contribution in [-0.2, 0) is 0 Å². The topological polar surface area (TPSA) is 61.0 Å². The van der Waals surface area contributed by atoms with Crippen LogP contribution in [0.4, 0.5) is 5.69 Å². The predicted octanol–water partition coefficient (Wildman–Crippen LogP) is 2.85. The van der Waals surface area contributed by atoms with Gasteiger partial charge < -0.3 is 0 Å². The molecular weight excluding hydrogens is 274 g/mol. The Morgan fingerprint density at radius 1 is 1.50 bits per heavy atom. The van der Waals surface area contributed by atoms with Gasteiger partial charge in [0.15, 0.2) is 0 Å².